The van der Waals surface area contributed by atoms with Gasteiger partial charge >= 0.3 is 6.18 Å². The lowest BCUT2D eigenvalue weighted by atomic mass is 10.0. The van der Waals surface area contributed by atoms with Gasteiger partial charge in [0.15, 0.2) is 5.60 Å². The van der Waals surface area contributed by atoms with Crippen LogP contribution in [0, 0.1) is 11.3 Å². The van der Waals surface area contributed by atoms with Crippen LogP contribution in [0.1, 0.15) is 18.1 Å². The minimum atomic E-state index is -4.74. The van der Waals surface area contributed by atoms with Gasteiger partial charge in [-0.25, -0.2) is 0 Å². The molecule has 1 amide bonds. The molecule has 7 nitrogen and oxygen atoms in total. The number of aliphatic hydroxyl groups is 1. The van der Waals surface area contributed by atoms with Crippen LogP contribution in [0.4, 0.5) is 24.5 Å². The maximum absolute atomic E-state index is 13.2. The number of rotatable bonds is 6. The number of halogens is 3. The molecule has 0 bridgehead atoms. The number of pyridine rings is 1. The molecule has 0 aliphatic carbocycles. The van der Waals surface area contributed by atoms with E-state index in [4.69, 9.17) is 5.26 Å². The van der Waals surface area contributed by atoms with Crippen LogP contribution in [0.5, 0.6) is 0 Å². The maximum Gasteiger partial charge on any atom is 0.417 e. The van der Waals surface area contributed by atoms with Gasteiger partial charge in [-0.2, -0.15) is 18.4 Å². The molecular formula is C27H26F3N5O2. The number of alkyl halides is 3. The zero-order valence-corrected chi connectivity index (χ0v) is 20.2. The Hall–Kier alpha value is -3.94. The first kappa shape index (κ1) is 26.1. The van der Waals surface area contributed by atoms with Crippen LogP contribution in [0.25, 0.3) is 11.1 Å². The number of β-amino-alcohol motifs (C(OH)–C–C–N with tert-alkyl or cyclic N) is 1. The first-order chi connectivity index (χ1) is 17.6. The molecule has 0 radical (unpaired) electrons. The predicted molar refractivity (Wildman–Crippen MR) is 134 cm³/mol. The van der Waals surface area contributed by atoms with Crippen LogP contribution in [-0.4, -0.2) is 59.2 Å². The van der Waals surface area contributed by atoms with Crippen molar-refractivity contribution < 1.29 is 23.1 Å². The molecule has 2 aromatic carbocycles. The minimum absolute atomic E-state index is 0.0239. The highest BCUT2D eigenvalue weighted by atomic mass is 19.4. The first-order valence-corrected chi connectivity index (χ1v) is 11.7. The van der Waals surface area contributed by atoms with Gasteiger partial charge in [0.2, 0.25) is 0 Å². The molecule has 1 saturated heterocycles. The molecule has 0 saturated carbocycles. The van der Waals surface area contributed by atoms with Crippen molar-refractivity contribution >= 4 is 17.3 Å². The molecule has 37 heavy (non-hydrogen) atoms. The maximum atomic E-state index is 13.2. The molecule has 3 aromatic rings. The van der Waals surface area contributed by atoms with Crippen molar-refractivity contribution in [3.63, 3.8) is 0 Å². The van der Waals surface area contributed by atoms with Gasteiger partial charge in [0.1, 0.15) is 0 Å². The Morgan fingerprint density at radius 1 is 1.03 bits per heavy atom. The molecule has 1 aliphatic rings. The lowest BCUT2D eigenvalue weighted by Crippen LogP contribution is -2.54. The molecule has 1 atom stereocenters. The summed E-state index contributed by atoms with van der Waals surface area (Å²) < 4.78 is 39.7. The van der Waals surface area contributed by atoms with E-state index in [9.17, 15) is 23.1 Å². The van der Waals surface area contributed by atoms with E-state index >= 15 is 0 Å². The Labute approximate surface area is 212 Å². The number of piperazine rings is 1. The third kappa shape index (κ3) is 6.25. The van der Waals surface area contributed by atoms with Gasteiger partial charge in [0.25, 0.3) is 5.91 Å². The number of nitrogens with zero attached hydrogens (tertiary/aromatic N) is 4. The molecule has 192 valence electrons. The summed E-state index contributed by atoms with van der Waals surface area (Å²) in [5.41, 5.74) is -0.404. The molecule has 2 heterocycles. The minimum Gasteiger partial charge on any atom is -0.379 e. The first-order valence-electron chi connectivity index (χ1n) is 11.7. The third-order valence-corrected chi connectivity index (χ3v) is 6.34. The van der Waals surface area contributed by atoms with Crippen LogP contribution in [0.3, 0.4) is 0 Å². The highest BCUT2D eigenvalue weighted by Crippen LogP contribution is 2.33. The van der Waals surface area contributed by atoms with Crippen molar-refractivity contribution in [3.8, 4) is 17.2 Å². The lowest BCUT2D eigenvalue weighted by Gasteiger charge is -2.38. The Morgan fingerprint density at radius 3 is 2.24 bits per heavy atom. The van der Waals surface area contributed by atoms with E-state index < -0.39 is 28.8 Å². The van der Waals surface area contributed by atoms with E-state index in [0.717, 1.165) is 22.9 Å². The number of nitriles is 1. The van der Waals surface area contributed by atoms with E-state index in [0.29, 0.717) is 32.2 Å². The summed E-state index contributed by atoms with van der Waals surface area (Å²) >= 11 is 0. The van der Waals surface area contributed by atoms with Crippen LogP contribution < -0.4 is 10.2 Å². The van der Waals surface area contributed by atoms with Gasteiger partial charge in [0.05, 0.1) is 17.2 Å². The van der Waals surface area contributed by atoms with Crippen molar-refractivity contribution in [2.45, 2.75) is 18.7 Å². The number of nitrogens with one attached hydrogen (secondary N) is 1. The van der Waals surface area contributed by atoms with Crippen molar-refractivity contribution in [3.05, 3.63) is 78.1 Å². The summed E-state index contributed by atoms with van der Waals surface area (Å²) in [4.78, 5) is 20.9. The average Bonchev–Trinajstić information content (AvgIpc) is 2.89. The van der Waals surface area contributed by atoms with Crippen molar-refractivity contribution in [1.29, 1.82) is 5.26 Å². The zero-order valence-electron chi connectivity index (χ0n) is 20.2. The van der Waals surface area contributed by atoms with E-state index in [2.05, 4.69) is 39.5 Å². The SMILES string of the molecule is CC(O)(CN1CCN(c2ccc(-c3ccncc3)cc2)CC1)C(=O)Nc1ccc(C#N)c(C(F)(F)F)c1. The summed E-state index contributed by atoms with van der Waals surface area (Å²) in [6.45, 7) is 3.94. The molecule has 10 heteroatoms. The highest BCUT2D eigenvalue weighted by Gasteiger charge is 2.36. The normalized spacial score (nSPS) is 16.1. The molecule has 1 fully saturated rings. The fourth-order valence-corrected chi connectivity index (χ4v) is 4.30. The second kappa shape index (κ2) is 10.6. The van der Waals surface area contributed by atoms with Crippen molar-refractivity contribution in [2.24, 2.45) is 0 Å². The fourth-order valence-electron chi connectivity index (χ4n) is 4.30. The third-order valence-electron chi connectivity index (χ3n) is 6.34. The smallest absolute Gasteiger partial charge is 0.379 e. The summed E-state index contributed by atoms with van der Waals surface area (Å²) in [5, 5.41) is 22.1. The monoisotopic (exact) mass is 509 g/mol. The highest BCUT2D eigenvalue weighted by molar-refractivity contribution is 5.97. The van der Waals surface area contributed by atoms with E-state index in [1.807, 2.05) is 17.0 Å². The number of amides is 1. The molecular weight excluding hydrogens is 483 g/mol. The van der Waals surface area contributed by atoms with Gasteiger partial charge in [-0.15, -0.1) is 0 Å². The lowest BCUT2D eigenvalue weighted by molar-refractivity contribution is -0.138. The quantitative estimate of drug-likeness (QED) is 0.519. The zero-order chi connectivity index (χ0) is 26.6. The molecule has 1 aromatic heterocycles. The Kier molecular flexibility index (Phi) is 7.47. The number of carbonyl (C=O) groups excluding carboxylic acids is 1. The fraction of sp³-hybridized carbons (Fsp3) is 0.296. The number of carbonyl (C=O) groups is 1. The number of anilines is 2. The van der Waals surface area contributed by atoms with Crippen molar-refractivity contribution in [2.75, 3.05) is 42.9 Å². The van der Waals surface area contributed by atoms with Gasteiger partial charge in [-0.05, 0) is 60.5 Å². The van der Waals surface area contributed by atoms with E-state index in [1.54, 1.807) is 12.4 Å². The van der Waals surface area contributed by atoms with E-state index in [-0.39, 0.29) is 12.2 Å². The molecule has 1 aliphatic heterocycles. The summed E-state index contributed by atoms with van der Waals surface area (Å²) in [7, 11) is 0. The number of aromatic nitrogens is 1. The second-order valence-corrected chi connectivity index (χ2v) is 9.14. The van der Waals surface area contributed by atoms with E-state index in [1.165, 1.54) is 19.1 Å². The predicted octanol–water partition coefficient (Wildman–Crippen LogP) is 4.15. The van der Waals surface area contributed by atoms with Crippen LogP contribution in [0.15, 0.2) is 67.0 Å². The summed E-state index contributed by atoms with van der Waals surface area (Å²) in [5.74, 6) is -0.820. The number of hydrogen-bond donors (Lipinski definition) is 2. The molecule has 4 rings (SSSR count). The van der Waals surface area contributed by atoms with Crippen LogP contribution in [-0.2, 0) is 11.0 Å². The summed E-state index contributed by atoms with van der Waals surface area (Å²) in [6.07, 6.45) is -1.24. The largest absolute Gasteiger partial charge is 0.417 e. The van der Waals surface area contributed by atoms with Gasteiger partial charge < -0.3 is 15.3 Å². The van der Waals surface area contributed by atoms with Crippen LogP contribution >= 0.6 is 0 Å². The number of benzene rings is 2. The summed E-state index contributed by atoms with van der Waals surface area (Å²) in [6, 6.07) is 16.5. The van der Waals surface area contributed by atoms with Gasteiger partial charge in [-0.1, -0.05) is 12.1 Å². The molecule has 2 N–H and O–H groups in total. The Bertz CT molecular complexity index is 1280. The van der Waals surface area contributed by atoms with Gasteiger partial charge in [-0.3, -0.25) is 14.7 Å². The Balaban J connectivity index is 1.33. The second-order valence-electron chi connectivity index (χ2n) is 9.14. The average molecular weight is 510 g/mol. The van der Waals surface area contributed by atoms with Gasteiger partial charge in [0, 0.05) is 56.5 Å². The molecule has 1 unspecified atom stereocenters. The van der Waals surface area contributed by atoms with Crippen molar-refractivity contribution in [1.82, 2.24) is 9.88 Å². The molecule has 0 spiro atoms. The number of hydrogen-bond acceptors (Lipinski definition) is 6. The van der Waals surface area contributed by atoms with Crippen LogP contribution in [0.2, 0.25) is 0 Å². The standard InChI is InChI=1S/C27H26F3N5O2/c1-26(37,25(36)33-22-5-2-21(17-31)24(16-22)27(28,29)30)18-34-12-14-35(15-13-34)23-6-3-19(4-7-23)20-8-10-32-11-9-20/h2-11,16,37H,12-15,18H2,1H3,(H,33,36). The topological polar surface area (TPSA) is 92.5 Å². The Morgan fingerprint density at radius 2 is 1.65 bits per heavy atom.